The Labute approximate surface area is 549 Å². The van der Waals surface area contributed by atoms with Crippen molar-refractivity contribution >= 4 is 39.5 Å². The van der Waals surface area contributed by atoms with Gasteiger partial charge in [-0.05, 0) is 43.4 Å². The number of aliphatic hydroxyl groups excluding tert-OH is 1. The first-order chi connectivity index (χ1) is 43.2. The Balaban J connectivity index is 5.14. The summed E-state index contributed by atoms with van der Waals surface area (Å²) in [5.41, 5.74) is 0. The first kappa shape index (κ1) is 88.1. The molecular weight excluding hydrogens is 1190 g/mol. The maximum Gasteiger partial charge on any atom is 0.472 e. The number of hydrogen-bond acceptors (Lipinski definition) is 15. The van der Waals surface area contributed by atoms with Crippen molar-refractivity contribution in [3.05, 3.63) is 0 Å². The van der Waals surface area contributed by atoms with Crippen LogP contribution in [0.4, 0.5) is 0 Å². The molecule has 17 nitrogen and oxygen atoms in total. The van der Waals surface area contributed by atoms with Crippen LogP contribution in [-0.2, 0) is 65.4 Å². The van der Waals surface area contributed by atoms with Gasteiger partial charge < -0.3 is 33.8 Å². The molecule has 0 radical (unpaired) electrons. The lowest BCUT2D eigenvalue weighted by Gasteiger charge is -2.21. The highest BCUT2D eigenvalue weighted by molar-refractivity contribution is 7.47. The fraction of sp³-hybridized carbons (Fsp3) is 0.944. The number of carbonyl (C=O) groups is 4. The maximum absolute atomic E-state index is 13.0. The average Bonchev–Trinajstić information content (AvgIpc) is 3.62. The lowest BCUT2D eigenvalue weighted by Crippen LogP contribution is -2.30. The van der Waals surface area contributed by atoms with Crippen LogP contribution in [0.25, 0.3) is 0 Å². The van der Waals surface area contributed by atoms with Crippen LogP contribution in [-0.4, -0.2) is 96.7 Å². The molecule has 0 amide bonds. The molecule has 0 aliphatic carbocycles. The SMILES string of the molecule is CCCCCCCCCCCCCCCCCCCCCCCC(=O)O[C@H](COC(=O)CCCCCCCCCC(C)C)COP(=O)(O)OC[C@@H](O)COP(=O)(O)OC[C@@H](COC(=O)CCCCCCCCC(C)C)OC(=O)CCCCCCCCCC(C)C. The number of esters is 4. The molecule has 0 aromatic carbocycles. The molecule has 3 N–H and O–H groups in total. The number of phosphoric acid groups is 2. The van der Waals surface area contributed by atoms with Gasteiger partial charge >= 0.3 is 39.5 Å². The van der Waals surface area contributed by atoms with Crippen LogP contribution >= 0.6 is 15.6 Å². The van der Waals surface area contributed by atoms with E-state index < -0.39 is 97.5 Å². The molecule has 0 aliphatic rings. The van der Waals surface area contributed by atoms with Crippen LogP contribution in [0.5, 0.6) is 0 Å². The summed E-state index contributed by atoms with van der Waals surface area (Å²) in [6.45, 7) is 11.6. The second kappa shape index (κ2) is 61.9. The Morgan fingerprint density at radius 3 is 0.756 bits per heavy atom. The topological polar surface area (TPSA) is 237 Å². The van der Waals surface area contributed by atoms with Crippen molar-refractivity contribution < 1.29 is 80.2 Å². The largest absolute Gasteiger partial charge is 0.472 e. The van der Waals surface area contributed by atoms with Crippen LogP contribution in [0.2, 0.25) is 0 Å². The van der Waals surface area contributed by atoms with Crippen molar-refractivity contribution in [1.82, 2.24) is 0 Å². The molecule has 0 aromatic heterocycles. The Morgan fingerprint density at radius 1 is 0.300 bits per heavy atom. The zero-order valence-electron chi connectivity index (χ0n) is 58.6. The van der Waals surface area contributed by atoms with Crippen molar-refractivity contribution in [2.75, 3.05) is 39.6 Å². The van der Waals surface area contributed by atoms with Crippen LogP contribution in [0.3, 0.4) is 0 Å². The molecule has 0 fully saturated rings. The van der Waals surface area contributed by atoms with E-state index in [0.29, 0.717) is 43.4 Å². The molecule has 5 atom stereocenters. The van der Waals surface area contributed by atoms with E-state index in [1.807, 2.05) is 0 Å². The van der Waals surface area contributed by atoms with Crippen molar-refractivity contribution in [3.63, 3.8) is 0 Å². The summed E-state index contributed by atoms with van der Waals surface area (Å²) >= 11 is 0. The van der Waals surface area contributed by atoms with Gasteiger partial charge in [-0.1, -0.05) is 305 Å². The Kier molecular flexibility index (Phi) is 60.6. The summed E-state index contributed by atoms with van der Waals surface area (Å²) in [5, 5.41) is 10.6. The summed E-state index contributed by atoms with van der Waals surface area (Å²) in [6, 6.07) is 0. The molecule has 2 unspecified atom stereocenters. The van der Waals surface area contributed by atoms with Gasteiger partial charge in [0.05, 0.1) is 26.4 Å². The highest BCUT2D eigenvalue weighted by atomic mass is 31.2. The molecule has 0 saturated heterocycles. The molecule has 0 aliphatic heterocycles. The third-order valence-corrected chi connectivity index (χ3v) is 18.3. The Morgan fingerprint density at radius 2 is 0.511 bits per heavy atom. The van der Waals surface area contributed by atoms with Crippen molar-refractivity contribution in [2.24, 2.45) is 17.8 Å². The predicted molar refractivity (Wildman–Crippen MR) is 363 cm³/mol. The molecule has 534 valence electrons. The minimum atomic E-state index is -4.95. The van der Waals surface area contributed by atoms with E-state index in [0.717, 1.165) is 103 Å². The number of aliphatic hydroxyl groups is 1. The van der Waals surface area contributed by atoms with E-state index in [-0.39, 0.29) is 25.7 Å². The highest BCUT2D eigenvalue weighted by Crippen LogP contribution is 2.45. The van der Waals surface area contributed by atoms with Gasteiger partial charge in [-0.25, -0.2) is 9.13 Å². The van der Waals surface area contributed by atoms with E-state index in [1.54, 1.807) is 0 Å². The normalized spacial score (nSPS) is 14.2. The van der Waals surface area contributed by atoms with Crippen LogP contribution in [0.15, 0.2) is 0 Å². The molecule has 0 saturated carbocycles. The van der Waals surface area contributed by atoms with Crippen LogP contribution in [0.1, 0.15) is 357 Å². The number of ether oxygens (including phenoxy) is 4. The summed E-state index contributed by atoms with van der Waals surface area (Å²) < 4.78 is 68.2. The molecule has 0 aromatic rings. The van der Waals surface area contributed by atoms with Gasteiger partial charge in [0.1, 0.15) is 19.3 Å². The monoisotopic (exact) mass is 1320 g/mol. The number of carbonyl (C=O) groups excluding carboxylic acids is 4. The van der Waals surface area contributed by atoms with Crippen molar-refractivity contribution in [1.29, 1.82) is 0 Å². The van der Waals surface area contributed by atoms with Crippen molar-refractivity contribution in [3.8, 4) is 0 Å². The summed E-state index contributed by atoms with van der Waals surface area (Å²) in [6.07, 6.45) is 46.4. The first-order valence-electron chi connectivity index (χ1n) is 36.8. The number of phosphoric ester groups is 2. The summed E-state index contributed by atoms with van der Waals surface area (Å²) in [4.78, 5) is 72.4. The standard InChI is InChI=1S/C71H138O17P2/c1-8-9-10-11-12-13-14-15-16-17-18-19-20-21-22-23-24-25-30-40-47-54-70(75)87-66(58-81-68(73)52-45-38-31-26-28-35-42-49-62(2)3)60-85-89(77,78)83-56-65(72)57-84-90(79,80)86-61-67(59-82-69(74)53-46-39-34-33-37-44-51-64(6)7)88-71(76)55-48-41-32-27-29-36-43-50-63(4)5/h62-67,72H,8-61H2,1-7H3,(H,77,78)(H,79,80)/t65-,66-,67-/m1/s1. The minimum Gasteiger partial charge on any atom is -0.462 e. The summed E-state index contributed by atoms with van der Waals surface area (Å²) in [5.74, 6) is -0.0529. The molecule has 0 heterocycles. The van der Waals surface area contributed by atoms with Gasteiger partial charge in [0.25, 0.3) is 0 Å². The van der Waals surface area contributed by atoms with Gasteiger partial charge in [-0.3, -0.25) is 37.3 Å². The highest BCUT2D eigenvalue weighted by Gasteiger charge is 2.30. The van der Waals surface area contributed by atoms with Gasteiger partial charge in [0, 0.05) is 25.7 Å². The predicted octanol–water partition coefficient (Wildman–Crippen LogP) is 20.2. The third-order valence-electron chi connectivity index (χ3n) is 16.4. The van der Waals surface area contributed by atoms with E-state index in [1.165, 1.54) is 154 Å². The fourth-order valence-electron chi connectivity index (χ4n) is 10.7. The lowest BCUT2D eigenvalue weighted by atomic mass is 10.0. The van der Waals surface area contributed by atoms with Crippen LogP contribution in [0, 0.1) is 17.8 Å². The van der Waals surface area contributed by atoms with Gasteiger partial charge in [0.2, 0.25) is 0 Å². The number of unbranched alkanes of at least 4 members (excludes halogenated alkanes) is 37. The van der Waals surface area contributed by atoms with Gasteiger partial charge in [0.15, 0.2) is 12.2 Å². The second-order valence-electron chi connectivity index (χ2n) is 27.1. The second-order valence-corrected chi connectivity index (χ2v) is 30.0. The molecule has 0 bridgehead atoms. The minimum absolute atomic E-state index is 0.102. The zero-order valence-corrected chi connectivity index (χ0v) is 60.4. The molecule has 90 heavy (non-hydrogen) atoms. The Hall–Kier alpha value is -1.94. The lowest BCUT2D eigenvalue weighted by molar-refractivity contribution is -0.161. The molecule has 0 spiro atoms. The maximum atomic E-state index is 13.0. The molecule has 19 heteroatoms. The number of hydrogen-bond donors (Lipinski definition) is 3. The molecular formula is C71H138O17P2. The third kappa shape index (κ3) is 64.8. The van der Waals surface area contributed by atoms with E-state index in [2.05, 4.69) is 48.5 Å². The summed E-state index contributed by atoms with van der Waals surface area (Å²) in [7, 11) is -9.90. The Bertz CT molecular complexity index is 1770. The first-order valence-corrected chi connectivity index (χ1v) is 39.8. The van der Waals surface area contributed by atoms with Crippen molar-refractivity contribution in [2.45, 2.75) is 375 Å². The van der Waals surface area contributed by atoms with Crippen LogP contribution < -0.4 is 0 Å². The smallest absolute Gasteiger partial charge is 0.462 e. The van der Waals surface area contributed by atoms with E-state index >= 15 is 0 Å². The van der Waals surface area contributed by atoms with Gasteiger partial charge in [-0.15, -0.1) is 0 Å². The van der Waals surface area contributed by atoms with E-state index in [4.69, 9.17) is 37.0 Å². The fourth-order valence-corrected chi connectivity index (χ4v) is 12.3. The quantitative estimate of drug-likeness (QED) is 0.0222. The average molecular weight is 1330 g/mol. The van der Waals surface area contributed by atoms with Gasteiger partial charge in [-0.2, -0.15) is 0 Å². The van der Waals surface area contributed by atoms with E-state index in [9.17, 15) is 43.2 Å². The number of rotatable bonds is 69. The zero-order chi connectivity index (χ0) is 66.6. The molecule has 0 rings (SSSR count).